The zero-order valence-electron chi connectivity index (χ0n) is 14.6. The molecule has 0 unspecified atom stereocenters. The van der Waals surface area contributed by atoms with Gasteiger partial charge in [0.05, 0.1) is 16.3 Å². The van der Waals surface area contributed by atoms with Gasteiger partial charge in [-0.3, -0.25) is 15.6 Å². The maximum atomic E-state index is 12.9. The topological polar surface area (TPSA) is 105 Å². The number of nitrogens with two attached hydrogens (primary N) is 1. The van der Waals surface area contributed by atoms with Gasteiger partial charge in [-0.1, -0.05) is 29.8 Å². The van der Waals surface area contributed by atoms with Gasteiger partial charge in [0.1, 0.15) is 12.0 Å². The minimum atomic E-state index is -4.54. The predicted octanol–water partition coefficient (Wildman–Crippen LogP) is 4.23. The van der Waals surface area contributed by atoms with Gasteiger partial charge in [0.25, 0.3) is 5.91 Å². The number of aromatic nitrogens is 2. The Morgan fingerprint density at radius 1 is 1.03 bits per heavy atom. The van der Waals surface area contributed by atoms with Crippen molar-refractivity contribution < 1.29 is 18.0 Å². The molecule has 11 heteroatoms. The largest absolute Gasteiger partial charge is 0.416 e. The molecule has 0 aliphatic carbocycles. The first-order valence-electron chi connectivity index (χ1n) is 8.11. The lowest BCUT2D eigenvalue weighted by molar-refractivity contribution is -0.137. The smallest absolute Gasteiger partial charge is 0.393 e. The Morgan fingerprint density at radius 2 is 1.72 bits per heavy atom. The maximum absolute atomic E-state index is 12.9. The summed E-state index contributed by atoms with van der Waals surface area (Å²) in [6.07, 6.45) is -3.41. The van der Waals surface area contributed by atoms with E-state index in [1.54, 1.807) is 30.3 Å². The monoisotopic (exact) mass is 422 g/mol. The van der Waals surface area contributed by atoms with Crippen LogP contribution in [0.2, 0.25) is 5.02 Å². The Morgan fingerprint density at radius 3 is 2.41 bits per heavy atom. The van der Waals surface area contributed by atoms with Crippen LogP contribution in [0.4, 0.5) is 36.2 Å². The van der Waals surface area contributed by atoms with Crippen molar-refractivity contribution in [3.8, 4) is 0 Å². The van der Waals surface area contributed by atoms with Gasteiger partial charge in [0.15, 0.2) is 11.6 Å². The number of rotatable bonds is 5. The van der Waals surface area contributed by atoms with Gasteiger partial charge in [-0.05, 0) is 30.3 Å². The van der Waals surface area contributed by atoms with Gasteiger partial charge in [-0.25, -0.2) is 9.97 Å². The van der Waals surface area contributed by atoms with Crippen molar-refractivity contribution in [2.24, 2.45) is 0 Å². The van der Waals surface area contributed by atoms with Crippen LogP contribution in [0.25, 0.3) is 0 Å². The average Bonchev–Trinajstić information content (AvgIpc) is 2.69. The molecule has 0 aliphatic heterocycles. The summed E-state index contributed by atoms with van der Waals surface area (Å²) in [4.78, 5) is 19.9. The summed E-state index contributed by atoms with van der Waals surface area (Å²) in [6, 6.07) is 11.2. The van der Waals surface area contributed by atoms with E-state index in [1.165, 1.54) is 0 Å². The third-order valence-electron chi connectivity index (χ3n) is 3.76. The highest BCUT2D eigenvalue weighted by Gasteiger charge is 2.31. The third kappa shape index (κ3) is 4.85. The lowest BCUT2D eigenvalue weighted by atomic mass is 10.2. The van der Waals surface area contributed by atoms with Crippen molar-refractivity contribution in [1.29, 1.82) is 0 Å². The number of halogens is 4. The molecule has 29 heavy (non-hydrogen) atoms. The lowest BCUT2D eigenvalue weighted by Crippen LogP contribution is -2.30. The third-order valence-corrected chi connectivity index (χ3v) is 4.09. The van der Waals surface area contributed by atoms with Crippen molar-refractivity contribution in [2.45, 2.75) is 6.18 Å². The van der Waals surface area contributed by atoms with Crippen LogP contribution in [-0.2, 0) is 6.18 Å². The molecule has 2 aromatic carbocycles. The van der Waals surface area contributed by atoms with Crippen LogP contribution >= 0.6 is 11.6 Å². The number of carbonyl (C=O) groups is 1. The molecule has 0 bridgehead atoms. The minimum absolute atomic E-state index is 0.0117. The highest BCUT2D eigenvalue weighted by atomic mass is 35.5. The molecular formula is C18H14ClF3N6O. The number of hydrazine groups is 1. The molecule has 7 nitrogen and oxygen atoms in total. The molecule has 5 N–H and O–H groups in total. The molecule has 0 saturated carbocycles. The summed E-state index contributed by atoms with van der Waals surface area (Å²) in [5, 5.41) is 2.70. The number of nitrogens with one attached hydrogen (secondary N) is 3. The molecule has 1 aromatic heterocycles. The molecule has 3 aromatic rings. The summed E-state index contributed by atoms with van der Waals surface area (Å²) in [7, 11) is 0. The van der Waals surface area contributed by atoms with Crippen molar-refractivity contribution in [2.75, 3.05) is 16.5 Å². The molecule has 0 atom stereocenters. The molecule has 1 heterocycles. The van der Waals surface area contributed by atoms with Crippen LogP contribution in [-0.4, -0.2) is 15.9 Å². The van der Waals surface area contributed by atoms with E-state index in [4.69, 9.17) is 17.3 Å². The highest BCUT2D eigenvalue weighted by molar-refractivity contribution is 6.33. The Bertz CT molecular complexity index is 1030. The van der Waals surface area contributed by atoms with E-state index in [0.29, 0.717) is 5.56 Å². The molecule has 1 amide bonds. The van der Waals surface area contributed by atoms with E-state index in [-0.39, 0.29) is 28.0 Å². The molecule has 0 aliphatic rings. The van der Waals surface area contributed by atoms with E-state index in [0.717, 1.165) is 24.5 Å². The van der Waals surface area contributed by atoms with E-state index in [1.807, 2.05) is 0 Å². The molecule has 3 rings (SSSR count). The first-order chi connectivity index (χ1) is 13.8. The van der Waals surface area contributed by atoms with Crippen LogP contribution < -0.4 is 21.9 Å². The highest BCUT2D eigenvalue weighted by Crippen LogP contribution is 2.35. The van der Waals surface area contributed by atoms with E-state index in [2.05, 4.69) is 26.1 Å². The van der Waals surface area contributed by atoms with Crippen LogP contribution in [0.1, 0.15) is 15.9 Å². The number of hydrogen-bond acceptors (Lipinski definition) is 6. The standard InChI is InChI=1S/C18H14ClF3N6O/c19-12-7-6-11(18(20,21)22)8-13(12)26-15-14(23)16(25-9-24-15)27-28-17(29)10-4-2-1-3-5-10/h1-9H,23H2,(H,28,29)(H2,24,25,26,27). The SMILES string of the molecule is Nc1c(NNC(=O)c2ccccc2)ncnc1Nc1cc(C(F)(F)F)ccc1Cl. The molecule has 0 fully saturated rings. The lowest BCUT2D eigenvalue weighted by Gasteiger charge is -2.15. The zero-order valence-corrected chi connectivity index (χ0v) is 15.3. The summed E-state index contributed by atoms with van der Waals surface area (Å²) in [5.74, 6) is -0.369. The number of nitrogen functional groups attached to an aromatic ring is 1. The number of amides is 1. The normalized spacial score (nSPS) is 11.0. The molecule has 0 radical (unpaired) electrons. The number of benzene rings is 2. The predicted molar refractivity (Wildman–Crippen MR) is 104 cm³/mol. The first kappa shape index (κ1) is 20.2. The van der Waals surface area contributed by atoms with Gasteiger partial charge in [0.2, 0.25) is 0 Å². The Kier molecular flexibility index (Phi) is 5.74. The summed E-state index contributed by atoms with van der Waals surface area (Å²) in [5.41, 5.74) is 10.4. The number of alkyl halides is 3. The van der Waals surface area contributed by atoms with Gasteiger partial charge in [-0.15, -0.1) is 0 Å². The molecule has 0 spiro atoms. The Hall–Kier alpha value is -3.53. The van der Waals surface area contributed by atoms with Crippen LogP contribution in [0.15, 0.2) is 54.9 Å². The quantitative estimate of drug-likeness (QED) is 0.459. The van der Waals surface area contributed by atoms with E-state index in [9.17, 15) is 18.0 Å². The van der Waals surface area contributed by atoms with Crippen LogP contribution in [0, 0.1) is 0 Å². The number of hydrogen-bond donors (Lipinski definition) is 4. The first-order valence-corrected chi connectivity index (χ1v) is 8.49. The fourth-order valence-corrected chi connectivity index (χ4v) is 2.46. The average molecular weight is 423 g/mol. The van der Waals surface area contributed by atoms with Crippen LogP contribution in [0.3, 0.4) is 0 Å². The molecular weight excluding hydrogens is 409 g/mol. The molecule has 0 saturated heterocycles. The summed E-state index contributed by atoms with van der Waals surface area (Å²) >= 11 is 5.97. The van der Waals surface area contributed by atoms with Crippen LogP contribution in [0.5, 0.6) is 0 Å². The number of carbonyl (C=O) groups excluding carboxylic acids is 1. The van der Waals surface area contributed by atoms with E-state index < -0.39 is 17.6 Å². The fourth-order valence-electron chi connectivity index (χ4n) is 2.30. The minimum Gasteiger partial charge on any atom is -0.393 e. The van der Waals surface area contributed by atoms with Crippen molar-refractivity contribution >= 4 is 40.5 Å². The van der Waals surface area contributed by atoms with Crippen molar-refractivity contribution in [3.63, 3.8) is 0 Å². The number of nitrogens with zero attached hydrogens (tertiary/aromatic N) is 2. The zero-order chi connectivity index (χ0) is 21.0. The van der Waals surface area contributed by atoms with Gasteiger partial charge in [-0.2, -0.15) is 13.2 Å². The van der Waals surface area contributed by atoms with E-state index >= 15 is 0 Å². The molecule has 150 valence electrons. The Labute approximate surface area is 168 Å². The van der Waals surface area contributed by atoms with Gasteiger partial charge >= 0.3 is 6.18 Å². The van der Waals surface area contributed by atoms with Crippen molar-refractivity contribution in [3.05, 3.63) is 71.0 Å². The second-order valence-corrected chi connectivity index (χ2v) is 6.15. The fraction of sp³-hybridized carbons (Fsp3) is 0.0556. The number of anilines is 4. The Balaban J connectivity index is 1.78. The summed E-state index contributed by atoms with van der Waals surface area (Å²) in [6.45, 7) is 0. The van der Waals surface area contributed by atoms with Gasteiger partial charge < -0.3 is 11.1 Å². The summed E-state index contributed by atoms with van der Waals surface area (Å²) < 4.78 is 38.8. The maximum Gasteiger partial charge on any atom is 0.416 e. The van der Waals surface area contributed by atoms with Crippen molar-refractivity contribution in [1.82, 2.24) is 15.4 Å². The second kappa shape index (κ2) is 8.23. The van der Waals surface area contributed by atoms with Gasteiger partial charge in [0, 0.05) is 5.56 Å². The second-order valence-electron chi connectivity index (χ2n) is 5.75.